The third-order valence-corrected chi connectivity index (χ3v) is 4.83. The highest BCUT2D eigenvalue weighted by atomic mass is 35.7. The number of allylic oxidation sites excluding steroid dienone is 2. The summed E-state index contributed by atoms with van der Waals surface area (Å²) in [5.41, 5.74) is 0. The Morgan fingerprint density at radius 3 is 2.18 bits per heavy atom. The van der Waals surface area contributed by atoms with Gasteiger partial charge in [0.1, 0.15) is 0 Å². The van der Waals surface area contributed by atoms with Crippen molar-refractivity contribution >= 4 is 30.3 Å². The second kappa shape index (κ2) is 2.82. The van der Waals surface area contributed by atoms with Crippen LogP contribution in [0, 0.1) is 0 Å². The lowest BCUT2D eigenvalue weighted by atomic mass is 10.6. The predicted molar refractivity (Wildman–Crippen MR) is 47.7 cm³/mol. The number of hydrogen-bond donors (Lipinski definition) is 0. The summed E-state index contributed by atoms with van der Waals surface area (Å²) in [5, 5.41) is 3.07. The Bertz CT molecular complexity index is 292. The highest BCUT2D eigenvalue weighted by Crippen LogP contribution is 2.60. The highest BCUT2D eigenvalue weighted by molar-refractivity contribution is 8.53. The molecule has 0 saturated carbocycles. The molecule has 1 aliphatic rings. The molecule has 0 aromatic rings. The van der Waals surface area contributed by atoms with Gasteiger partial charge in [0.15, 0.2) is 0 Å². The van der Waals surface area contributed by atoms with Crippen molar-refractivity contribution in [1.82, 2.24) is 0 Å². The van der Waals surface area contributed by atoms with Crippen molar-refractivity contribution in [3.05, 3.63) is 23.0 Å². The van der Waals surface area contributed by atoms with E-state index in [9.17, 15) is 8.42 Å². The highest BCUT2D eigenvalue weighted by Gasteiger charge is 2.22. The predicted octanol–water partition coefficient (Wildman–Crippen LogP) is 1.88. The van der Waals surface area contributed by atoms with Gasteiger partial charge >= 0.3 is 0 Å². The van der Waals surface area contributed by atoms with Gasteiger partial charge in [-0.15, -0.1) is 0 Å². The molecule has 0 bridgehead atoms. The van der Waals surface area contributed by atoms with Crippen LogP contribution < -0.4 is 0 Å². The van der Waals surface area contributed by atoms with E-state index < -0.39 is 19.6 Å². The molecule has 1 rings (SSSR count). The topological polar surface area (TPSA) is 43.4 Å². The molecule has 0 fully saturated rings. The Kier molecular flexibility index (Phi) is 2.34. The van der Waals surface area contributed by atoms with Crippen LogP contribution in [-0.4, -0.2) is 14.7 Å². The summed E-state index contributed by atoms with van der Waals surface area (Å²) in [6.45, 7) is 0. The fourth-order valence-electron chi connectivity index (χ4n) is 0.585. The van der Waals surface area contributed by atoms with E-state index in [0.29, 0.717) is 0 Å². The molecule has 0 saturated heterocycles. The molecule has 0 amide bonds. The van der Waals surface area contributed by atoms with Crippen LogP contribution in [-0.2, 0) is 13.7 Å². The van der Waals surface area contributed by atoms with E-state index in [1.807, 2.05) is 0 Å². The summed E-state index contributed by atoms with van der Waals surface area (Å²) in [5.74, 6) is 0. The summed E-state index contributed by atoms with van der Waals surface area (Å²) >= 11 is 0. The summed E-state index contributed by atoms with van der Waals surface area (Å²) in [6, 6.07) is 0. The van der Waals surface area contributed by atoms with E-state index in [0.717, 1.165) is 6.26 Å². The first-order valence-electron chi connectivity index (χ1n) is 2.70. The molecular formula is C5H7ClO3S2. The van der Waals surface area contributed by atoms with Crippen molar-refractivity contribution in [1.29, 1.82) is 0 Å². The fraction of sp³-hybridized carbons (Fsp3) is 0.200. The van der Waals surface area contributed by atoms with Crippen LogP contribution in [0.15, 0.2) is 23.0 Å². The summed E-state index contributed by atoms with van der Waals surface area (Å²) in [4.78, 5) is 0. The first kappa shape index (κ1) is 9.12. The molecule has 3 nitrogen and oxygen atoms in total. The lowest BCUT2D eigenvalue weighted by Crippen LogP contribution is -2.01. The molecule has 0 spiro atoms. The first-order chi connectivity index (χ1) is 4.91. The Morgan fingerprint density at radius 2 is 1.82 bits per heavy atom. The Morgan fingerprint density at radius 1 is 1.36 bits per heavy atom. The summed E-state index contributed by atoms with van der Waals surface area (Å²) < 4.78 is 25.9. The third-order valence-electron chi connectivity index (χ3n) is 0.867. The SMILES string of the molecule is CS(=O)(=O)OS1(Cl)C=CC=C1. The molecule has 0 aromatic carbocycles. The molecule has 0 radical (unpaired) electrons. The standard InChI is InChI=1S/C5H7ClO3S2/c1-10(7,8)9-11(6)4-2-3-5-11/h2-5H,1H3. The second-order valence-electron chi connectivity index (χ2n) is 2.00. The second-order valence-corrected chi connectivity index (χ2v) is 7.08. The van der Waals surface area contributed by atoms with Crippen molar-refractivity contribution in [3.8, 4) is 0 Å². The lowest BCUT2D eigenvalue weighted by Gasteiger charge is -2.19. The van der Waals surface area contributed by atoms with Gasteiger partial charge in [-0.05, 0) is 21.5 Å². The zero-order chi connectivity index (χ0) is 8.54. The van der Waals surface area contributed by atoms with Crippen LogP contribution in [0.3, 0.4) is 0 Å². The maximum Gasteiger partial charge on any atom is 0.275 e. The minimum Gasteiger partial charge on any atom is -0.199 e. The zero-order valence-electron chi connectivity index (χ0n) is 5.73. The smallest absolute Gasteiger partial charge is 0.199 e. The normalized spacial score (nSPS) is 23.8. The van der Waals surface area contributed by atoms with Crippen LogP contribution in [0.5, 0.6) is 0 Å². The average Bonchev–Trinajstić information content (AvgIpc) is 2.09. The van der Waals surface area contributed by atoms with Gasteiger partial charge in [-0.1, -0.05) is 12.2 Å². The van der Waals surface area contributed by atoms with Crippen molar-refractivity contribution in [2.24, 2.45) is 0 Å². The van der Waals surface area contributed by atoms with E-state index in [-0.39, 0.29) is 0 Å². The third kappa shape index (κ3) is 2.86. The van der Waals surface area contributed by atoms with Gasteiger partial charge in [-0.3, -0.25) is 0 Å². The zero-order valence-corrected chi connectivity index (χ0v) is 8.12. The molecule has 0 N–H and O–H groups in total. The van der Waals surface area contributed by atoms with Crippen molar-refractivity contribution in [2.75, 3.05) is 6.26 Å². The van der Waals surface area contributed by atoms with Crippen LogP contribution >= 0.6 is 20.2 Å². The summed E-state index contributed by atoms with van der Waals surface area (Å²) in [7, 11) is 0.162. The van der Waals surface area contributed by atoms with Gasteiger partial charge in [-0.25, -0.2) is 0 Å². The largest absolute Gasteiger partial charge is 0.275 e. The average molecular weight is 215 g/mol. The van der Waals surface area contributed by atoms with Crippen molar-refractivity contribution in [2.45, 2.75) is 0 Å². The van der Waals surface area contributed by atoms with E-state index in [1.165, 1.54) is 10.8 Å². The molecule has 0 unspecified atom stereocenters. The molecule has 6 heteroatoms. The number of halogens is 1. The van der Waals surface area contributed by atoms with Crippen molar-refractivity contribution < 1.29 is 12.0 Å². The lowest BCUT2D eigenvalue weighted by molar-refractivity contribution is 0.524. The first-order valence-corrected chi connectivity index (χ1v) is 7.03. The molecule has 0 aliphatic carbocycles. The Hall–Kier alpha value is 0.0300. The molecule has 11 heavy (non-hydrogen) atoms. The molecule has 0 atom stereocenters. The minimum absolute atomic E-state index is 0.976. The van der Waals surface area contributed by atoms with E-state index in [4.69, 9.17) is 10.7 Å². The minimum atomic E-state index is -3.46. The monoisotopic (exact) mass is 214 g/mol. The quantitative estimate of drug-likeness (QED) is 0.705. The van der Waals surface area contributed by atoms with Gasteiger partial charge in [-0.2, -0.15) is 12.0 Å². The van der Waals surface area contributed by atoms with Crippen molar-refractivity contribution in [3.63, 3.8) is 0 Å². The molecule has 1 heterocycles. The number of hydrogen-bond acceptors (Lipinski definition) is 3. The van der Waals surface area contributed by atoms with Gasteiger partial charge in [0.2, 0.25) is 0 Å². The van der Waals surface area contributed by atoms with E-state index in [2.05, 4.69) is 3.63 Å². The Balaban J connectivity index is 2.78. The van der Waals surface area contributed by atoms with E-state index >= 15 is 0 Å². The van der Waals surface area contributed by atoms with Crippen LogP contribution in [0.2, 0.25) is 0 Å². The van der Waals surface area contributed by atoms with Gasteiger partial charge in [0, 0.05) is 9.52 Å². The molecule has 1 aliphatic heterocycles. The molecular weight excluding hydrogens is 208 g/mol. The fourth-order valence-corrected chi connectivity index (χ4v) is 4.36. The van der Waals surface area contributed by atoms with E-state index in [1.54, 1.807) is 12.2 Å². The maximum absolute atomic E-state index is 10.6. The van der Waals surface area contributed by atoms with Gasteiger partial charge < -0.3 is 0 Å². The molecule has 64 valence electrons. The maximum atomic E-state index is 10.6. The number of rotatable bonds is 2. The summed E-state index contributed by atoms with van der Waals surface area (Å²) in [6.07, 6.45) is 4.30. The van der Waals surface area contributed by atoms with Crippen LogP contribution in [0.4, 0.5) is 0 Å². The van der Waals surface area contributed by atoms with Crippen LogP contribution in [0.25, 0.3) is 0 Å². The Labute approximate surface area is 71.8 Å². The van der Waals surface area contributed by atoms with Gasteiger partial charge in [0.25, 0.3) is 10.1 Å². The van der Waals surface area contributed by atoms with Crippen LogP contribution in [0.1, 0.15) is 0 Å². The van der Waals surface area contributed by atoms with Gasteiger partial charge in [0.05, 0.1) is 6.26 Å². The molecule has 0 aromatic heterocycles.